The zero-order valence-corrected chi connectivity index (χ0v) is 20.3. The van der Waals surface area contributed by atoms with Gasteiger partial charge in [0.1, 0.15) is 23.7 Å². The fourth-order valence-electron chi connectivity index (χ4n) is 3.80. The quantitative estimate of drug-likeness (QED) is 0.263. The average molecular weight is 498 g/mol. The lowest BCUT2D eigenvalue weighted by Crippen LogP contribution is -2.24. The molecule has 0 aliphatic heterocycles. The Bertz CT molecular complexity index is 1450. The van der Waals surface area contributed by atoms with Gasteiger partial charge in [-0.2, -0.15) is 5.26 Å². The van der Waals surface area contributed by atoms with Crippen molar-refractivity contribution in [2.24, 2.45) is 0 Å². The Kier molecular flexibility index (Phi) is 8.06. The number of nitrogens with zero attached hydrogens (tertiary/aromatic N) is 5. The van der Waals surface area contributed by atoms with Crippen LogP contribution in [-0.2, 0) is 19.6 Å². The Labute approximate surface area is 214 Å². The van der Waals surface area contributed by atoms with E-state index in [1.54, 1.807) is 25.6 Å². The van der Waals surface area contributed by atoms with Gasteiger partial charge < -0.3 is 14.2 Å². The highest BCUT2D eigenvalue weighted by molar-refractivity contribution is 5.59. The first kappa shape index (κ1) is 25.3. The first-order chi connectivity index (χ1) is 18.0. The van der Waals surface area contributed by atoms with Crippen LogP contribution < -0.4 is 4.74 Å². The third kappa shape index (κ3) is 6.47. The van der Waals surface area contributed by atoms with Crippen molar-refractivity contribution in [1.82, 2.24) is 19.7 Å². The Balaban J connectivity index is 1.59. The smallest absolute Gasteiger partial charge is 0.152 e. The van der Waals surface area contributed by atoms with Crippen molar-refractivity contribution in [1.29, 1.82) is 5.26 Å². The molecule has 0 fully saturated rings. The standard InChI is InChI=1S/C29H25F2N5O/c1-21(7-12-24-5-3-4-6-28(24)37-2)35(18-25-13-14-26(30)15-27(25)31)19-29-34-33-20-36(29)17-23-10-8-22(16-32)9-11-23/h3-15,20H,1,17-19H2,2H3/b12-7+. The van der Waals surface area contributed by atoms with Gasteiger partial charge >= 0.3 is 0 Å². The number of hydrogen-bond donors (Lipinski definition) is 0. The molecule has 0 amide bonds. The predicted octanol–water partition coefficient (Wildman–Crippen LogP) is 5.71. The first-order valence-electron chi connectivity index (χ1n) is 11.5. The van der Waals surface area contributed by atoms with Gasteiger partial charge in [0.05, 0.1) is 31.8 Å². The van der Waals surface area contributed by atoms with Crippen LogP contribution in [0.3, 0.4) is 0 Å². The molecule has 0 aliphatic carbocycles. The maximum Gasteiger partial charge on any atom is 0.152 e. The third-order valence-corrected chi connectivity index (χ3v) is 5.84. The van der Waals surface area contributed by atoms with Crippen molar-refractivity contribution in [2.45, 2.75) is 19.6 Å². The van der Waals surface area contributed by atoms with E-state index in [2.05, 4.69) is 22.8 Å². The lowest BCUT2D eigenvalue weighted by molar-refractivity contribution is 0.320. The Morgan fingerprint density at radius 1 is 1.11 bits per heavy atom. The number of allylic oxidation sites excluding steroid dienone is 1. The van der Waals surface area contributed by atoms with Crippen molar-refractivity contribution in [3.8, 4) is 11.8 Å². The van der Waals surface area contributed by atoms with Gasteiger partial charge in [-0.1, -0.05) is 43.0 Å². The second-order valence-corrected chi connectivity index (χ2v) is 8.34. The Hall–Kier alpha value is -4.77. The van der Waals surface area contributed by atoms with Crippen molar-refractivity contribution in [2.75, 3.05) is 7.11 Å². The maximum atomic E-state index is 14.5. The van der Waals surface area contributed by atoms with Gasteiger partial charge in [-0.3, -0.25) is 0 Å². The van der Waals surface area contributed by atoms with Crippen LogP contribution in [0, 0.1) is 23.0 Å². The third-order valence-electron chi connectivity index (χ3n) is 5.84. The molecule has 3 aromatic carbocycles. The van der Waals surface area contributed by atoms with Crippen LogP contribution in [-0.4, -0.2) is 26.8 Å². The zero-order valence-electron chi connectivity index (χ0n) is 20.3. The topological polar surface area (TPSA) is 67.0 Å². The molecular weight excluding hydrogens is 472 g/mol. The molecule has 0 atom stereocenters. The number of methoxy groups -OCH3 is 1. The van der Waals surface area contributed by atoms with E-state index in [9.17, 15) is 8.78 Å². The summed E-state index contributed by atoms with van der Waals surface area (Å²) in [5, 5.41) is 17.4. The summed E-state index contributed by atoms with van der Waals surface area (Å²) in [7, 11) is 1.60. The molecule has 0 N–H and O–H groups in total. The van der Waals surface area contributed by atoms with Crippen LogP contribution in [0.4, 0.5) is 8.78 Å². The van der Waals surface area contributed by atoms with Gasteiger partial charge in [-0.15, -0.1) is 10.2 Å². The Morgan fingerprint density at radius 2 is 1.89 bits per heavy atom. The summed E-state index contributed by atoms with van der Waals surface area (Å²) in [6.07, 6.45) is 5.31. The van der Waals surface area contributed by atoms with Gasteiger partial charge in [0.2, 0.25) is 0 Å². The van der Waals surface area contributed by atoms with E-state index < -0.39 is 11.6 Å². The largest absolute Gasteiger partial charge is 0.496 e. The molecule has 0 saturated carbocycles. The number of ether oxygens (including phenoxy) is 1. The summed E-state index contributed by atoms with van der Waals surface area (Å²) in [6, 6.07) is 20.5. The highest BCUT2D eigenvalue weighted by atomic mass is 19.1. The molecule has 0 spiro atoms. The van der Waals surface area contributed by atoms with E-state index in [4.69, 9.17) is 10.00 Å². The van der Waals surface area contributed by atoms with E-state index in [-0.39, 0.29) is 13.1 Å². The number of hydrogen-bond acceptors (Lipinski definition) is 5. The van der Waals surface area contributed by atoms with Gasteiger partial charge in [0.25, 0.3) is 0 Å². The van der Waals surface area contributed by atoms with Crippen molar-refractivity contribution >= 4 is 6.08 Å². The molecule has 0 bridgehead atoms. The minimum atomic E-state index is -0.634. The second-order valence-electron chi connectivity index (χ2n) is 8.34. The summed E-state index contributed by atoms with van der Waals surface area (Å²) in [5.41, 5.74) is 3.35. The summed E-state index contributed by atoms with van der Waals surface area (Å²) in [6.45, 7) is 5.12. The number of rotatable bonds is 10. The molecule has 37 heavy (non-hydrogen) atoms. The number of nitriles is 1. The number of halogens is 2. The van der Waals surface area contributed by atoms with Crippen LogP contribution in [0.5, 0.6) is 5.75 Å². The minimum Gasteiger partial charge on any atom is -0.496 e. The lowest BCUT2D eigenvalue weighted by atomic mass is 10.1. The van der Waals surface area contributed by atoms with Gasteiger partial charge in [-0.05, 0) is 42.0 Å². The number of benzene rings is 3. The van der Waals surface area contributed by atoms with Crippen LogP contribution in [0.1, 0.15) is 28.1 Å². The molecule has 8 heteroatoms. The van der Waals surface area contributed by atoms with Crippen LogP contribution in [0.25, 0.3) is 6.08 Å². The van der Waals surface area contributed by atoms with Gasteiger partial charge in [0.15, 0.2) is 5.82 Å². The normalized spacial score (nSPS) is 10.9. The summed E-state index contributed by atoms with van der Waals surface area (Å²) in [4.78, 5) is 1.85. The van der Waals surface area contributed by atoms with E-state index in [1.807, 2.05) is 58.0 Å². The molecule has 0 aliphatic rings. The summed E-state index contributed by atoms with van der Waals surface area (Å²) >= 11 is 0. The van der Waals surface area contributed by atoms with Gasteiger partial charge in [-0.25, -0.2) is 8.78 Å². The van der Waals surface area contributed by atoms with Crippen molar-refractivity contribution < 1.29 is 13.5 Å². The molecule has 1 aromatic heterocycles. The van der Waals surface area contributed by atoms with E-state index >= 15 is 0 Å². The van der Waals surface area contributed by atoms with Crippen molar-refractivity contribution in [3.05, 3.63) is 131 Å². The SMILES string of the molecule is C=C(/C=C/c1ccccc1OC)N(Cc1ccc(F)cc1F)Cc1nncn1Cc1ccc(C#N)cc1. The molecule has 0 radical (unpaired) electrons. The zero-order chi connectivity index (χ0) is 26.2. The number of para-hydroxylation sites is 1. The second kappa shape index (κ2) is 11.8. The van der Waals surface area contributed by atoms with Crippen LogP contribution in [0.15, 0.2) is 91.4 Å². The fraction of sp³-hybridized carbons (Fsp3) is 0.138. The average Bonchev–Trinajstić information content (AvgIpc) is 3.35. The number of aromatic nitrogens is 3. The van der Waals surface area contributed by atoms with E-state index in [1.165, 1.54) is 12.1 Å². The molecule has 6 nitrogen and oxygen atoms in total. The maximum absolute atomic E-state index is 14.5. The molecular formula is C29H25F2N5O. The molecule has 0 unspecified atom stereocenters. The van der Waals surface area contributed by atoms with Gasteiger partial charge in [0, 0.05) is 29.4 Å². The molecule has 0 saturated heterocycles. The lowest BCUT2D eigenvalue weighted by Gasteiger charge is -2.25. The van der Waals surface area contributed by atoms with E-state index in [0.717, 1.165) is 17.2 Å². The molecule has 186 valence electrons. The molecule has 4 rings (SSSR count). The highest BCUT2D eigenvalue weighted by Crippen LogP contribution is 2.22. The Morgan fingerprint density at radius 3 is 2.62 bits per heavy atom. The van der Waals surface area contributed by atoms with Crippen LogP contribution >= 0.6 is 0 Å². The molecule has 1 heterocycles. The first-order valence-corrected chi connectivity index (χ1v) is 11.5. The predicted molar refractivity (Wildman–Crippen MR) is 137 cm³/mol. The summed E-state index contributed by atoms with van der Waals surface area (Å²) in [5.74, 6) is 0.0824. The summed E-state index contributed by atoms with van der Waals surface area (Å²) < 4.78 is 35.3. The van der Waals surface area contributed by atoms with E-state index in [0.29, 0.717) is 34.9 Å². The van der Waals surface area contributed by atoms with Crippen molar-refractivity contribution in [3.63, 3.8) is 0 Å². The van der Waals surface area contributed by atoms with Crippen LogP contribution in [0.2, 0.25) is 0 Å². The minimum absolute atomic E-state index is 0.144. The molecule has 4 aromatic rings. The monoisotopic (exact) mass is 497 g/mol. The highest BCUT2D eigenvalue weighted by Gasteiger charge is 2.16. The fourth-order valence-corrected chi connectivity index (χ4v) is 3.80.